The molecule has 0 aromatic heterocycles. The lowest BCUT2D eigenvalue weighted by Crippen LogP contribution is -2.51. The average molecular weight is 469 g/mol. The highest BCUT2D eigenvalue weighted by atomic mass is 32.2. The molecule has 178 valence electrons. The van der Waals surface area contributed by atoms with Gasteiger partial charge in [0.25, 0.3) is 5.91 Å². The Morgan fingerprint density at radius 2 is 1.52 bits per heavy atom. The van der Waals surface area contributed by atoms with Crippen LogP contribution in [-0.2, 0) is 4.79 Å². The van der Waals surface area contributed by atoms with Crippen molar-refractivity contribution in [2.24, 2.45) is 9.98 Å². The molecule has 0 spiro atoms. The fourth-order valence-electron chi connectivity index (χ4n) is 3.28. The lowest BCUT2D eigenvalue weighted by molar-refractivity contribution is -0.124. The van der Waals surface area contributed by atoms with Crippen LogP contribution in [0.2, 0.25) is 0 Å². The summed E-state index contributed by atoms with van der Waals surface area (Å²) in [6.45, 7) is 14.3. The van der Waals surface area contributed by atoms with Gasteiger partial charge in [-0.1, -0.05) is 45.4 Å². The number of carbonyl (C=O) groups excluding carboxylic acids is 1. The third-order valence-electron chi connectivity index (χ3n) is 4.97. The van der Waals surface area contributed by atoms with Crippen LogP contribution in [0.3, 0.4) is 0 Å². The van der Waals surface area contributed by atoms with Crippen LogP contribution in [0.4, 0.5) is 5.69 Å². The molecule has 33 heavy (non-hydrogen) atoms. The van der Waals surface area contributed by atoms with E-state index in [4.69, 9.17) is 4.18 Å². The molecule has 0 radical (unpaired) electrons. The molecule has 1 amide bonds. The van der Waals surface area contributed by atoms with E-state index in [1.54, 1.807) is 6.21 Å². The molecule has 0 N–H and O–H groups in total. The molecule has 0 saturated carbocycles. The zero-order chi connectivity index (χ0) is 24.1. The number of carbonyl (C=O) groups is 1. The highest BCUT2D eigenvalue weighted by Crippen LogP contribution is 2.26. The van der Waals surface area contributed by atoms with E-state index in [1.807, 2.05) is 44.7 Å². The minimum atomic E-state index is -0.00928. The Balaban J connectivity index is 0.000000914. The molecule has 2 aromatic carbocycles. The smallest absolute Gasteiger partial charge is 0.273 e. The van der Waals surface area contributed by atoms with Gasteiger partial charge in [0, 0.05) is 36.8 Å². The second kappa shape index (κ2) is 14.4. The van der Waals surface area contributed by atoms with Crippen molar-refractivity contribution in [1.82, 2.24) is 4.90 Å². The maximum Gasteiger partial charge on any atom is 0.273 e. The number of piperazine rings is 1. The van der Waals surface area contributed by atoms with Gasteiger partial charge in [-0.2, -0.15) is 0 Å². The van der Waals surface area contributed by atoms with Gasteiger partial charge in [0.1, 0.15) is 11.5 Å². The van der Waals surface area contributed by atoms with E-state index < -0.39 is 0 Å². The molecule has 6 nitrogen and oxygen atoms in total. The molecule has 2 aliphatic heterocycles. The number of hydrogen-bond acceptors (Lipinski definition) is 6. The topological polar surface area (TPSA) is 57.5 Å². The highest BCUT2D eigenvalue weighted by molar-refractivity contribution is 7.95. The molecular formula is C26H36N4O2S. The molecule has 2 heterocycles. The maximum absolute atomic E-state index is 12.5. The van der Waals surface area contributed by atoms with Crippen LogP contribution in [0.5, 0.6) is 5.75 Å². The number of aliphatic imine (C=N–C) groups is 2. The Morgan fingerprint density at radius 3 is 2.09 bits per heavy atom. The van der Waals surface area contributed by atoms with Gasteiger partial charge in [-0.3, -0.25) is 14.8 Å². The number of benzene rings is 2. The van der Waals surface area contributed by atoms with Gasteiger partial charge < -0.3 is 14.0 Å². The summed E-state index contributed by atoms with van der Waals surface area (Å²) in [6, 6.07) is 16.4. The summed E-state index contributed by atoms with van der Waals surface area (Å²) in [5.41, 5.74) is 2.86. The first-order chi connectivity index (χ1) is 16.2. The standard InChI is InChI=1S/C22H24N4O2S.2C2H6/c1-17-2-8-20(9-3-17)29-28-19-6-4-18(5-7-19)25-12-14-26(15-13-25)22(27)21-16-23-10-11-24-21;2*1-2/h2-9,16H,10-15H2,1H3;2*1-2H3. The minimum Gasteiger partial charge on any atom is -0.421 e. The molecule has 0 atom stereocenters. The predicted molar refractivity (Wildman–Crippen MR) is 141 cm³/mol. The van der Waals surface area contributed by atoms with E-state index >= 15 is 0 Å². The van der Waals surface area contributed by atoms with Crippen LogP contribution in [0.15, 0.2) is 63.4 Å². The summed E-state index contributed by atoms with van der Waals surface area (Å²) in [5.74, 6) is 0.813. The Morgan fingerprint density at radius 1 is 0.879 bits per heavy atom. The van der Waals surface area contributed by atoms with Crippen molar-refractivity contribution in [2.75, 3.05) is 44.2 Å². The quantitative estimate of drug-likeness (QED) is 0.558. The van der Waals surface area contributed by atoms with Crippen LogP contribution >= 0.6 is 12.0 Å². The summed E-state index contributed by atoms with van der Waals surface area (Å²) < 4.78 is 5.81. The second-order valence-corrected chi connectivity index (χ2v) is 7.86. The SMILES string of the molecule is CC.CC.Cc1ccc(SOc2ccc(N3CCN(C(=O)C4=NCCN=C4)CC3)cc2)cc1. The Bertz CT molecular complexity index is 903. The van der Waals surface area contributed by atoms with E-state index in [9.17, 15) is 4.79 Å². The molecule has 0 unspecified atom stereocenters. The second-order valence-electron chi connectivity index (χ2n) is 7.06. The lowest BCUT2D eigenvalue weighted by atomic mass is 10.2. The number of aryl methyl sites for hydroxylation is 1. The van der Waals surface area contributed by atoms with Gasteiger partial charge in [-0.25, -0.2) is 0 Å². The first-order valence-corrected chi connectivity index (χ1v) is 12.5. The Hall–Kier alpha value is -2.80. The number of amides is 1. The largest absolute Gasteiger partial charge is 0.421 e. The zero-order valence-corrected chi connectivity index (χ0v) is 21.3. The molecule has 7 heteroatoms. The van der Waals surface area contributed by atoms with E-state index in [1.165, 1.54) is 17.6 Å². The maximum atomic E-state index is 12.5. The van der Waals surface area contributed by atoms with Gasteiger partial charge in [0.2, 0.25) is 0 Å². The van der Waals surface area contributed by atoms with Crippen molar-refractivity contribution in [2.45, 2.75) is 39.5 Å². The van der Waals surface area contributed by atoms with Crippen molar-refractivity contribution in [3.8, 4) is 5.75 Å². The number of hydrogen-bond donors (Lipinski definition) is 0. The fourth-order valence-corrected chi connectivity index (χ4v) is 3.83. The van der Waals surface area contributed by atoms with Crippen LogP contribution < -0.4 is 9.08 Å². The summed E-state index contributed by atoms with van der Waals surface area (Å²) in [6.07, 6.45) is 1.60. The number of nitrogens with zero attached hydrogens (tertiary/aromatic N) is 4. The van der Waals surface area contributed by atoms with Gasteiger partial charge in [0.15, 0.2) is 0 Å². The van der Waals surface area contributed by atoms with Gasteiger partial charge >= 0.3 is 0 Å². The molecule has 1 fully saturated rings. The molecule has 2 aromatic rings. The van der Waals surface area contributed by atoms with Crippen LogP contribution in [0, 0.1) is 6.92 Å². The number of anilines is 1. The third-order valence-corrected chi connectivity index (χ3v) is 5.71. The summed E-state index contributed by atoms with van der Waals surface area (Å²) in [7, 11) is 0. The number of rotatable bonds is 5. The monoisotopic (exact) mass is 468 g/mol. The summed E-state index contributed by atoms with van der Waals surface area (Å²) in [5, 5.41) is 0. The highest BCUT2D eigenvalue weighted by Gasteiger charge is 2.24. The van der Waals surface area contributed by atoms with Gasteiger partial charge in [-0.15, -0.1) is 0 Å². The van der Waals surface area contributed by atoms with Crippen molar-refractivity contribution >= 4 is 35.6 Å². The Labute approximate surface area is 203 Å². The molecule has 2 aliphatic rings. The molecule has 1 saturated heterocycles. The third kappa shape index (κ3) is 7.93. The first kappa shape index (κ1) is 26.5. The zero-order valence-electron chi connectivity index (χ0n) is 20.5. The van der Waals surface area contributed by atoms with E-state index in [2.05, 4.69) is 58.2 Å². The van der Waals surface area contributed by atoms with Gasteiger partial charge in [0.05, 0.1) is 31.3 Å². The van der Waals surface area contributed by atoms with E-state index in [0.717, 1.165) is 29.4 Å². The fraction of sp³-hybridized carbons (Fsp3) is 0.423. The molecule has 4 rings (SSSR count). The summed E-state index contributed by atoms with van der Waals surface area (Å²) >= 11 is 1.36. The van der Waals surface area contributed by atoms with E-state index in [-0.39, 0.29) is 5.91 Å². The van der Waals surface area contributed by atoms with Crippen LogP contribution in [0.1, 0.15) is 33.3 Å². The van der Waals surface area contributed by atoms with Crippen LogP contribution in [-0.4, -0.2) is 62.0 Å². The normalized spacial score (nSPS) is 14.9. The summed E-state index contributed by atoms with van der Waals surface area (Å²) in [4.78, 5) is 26.2. The van der Waals surface area contributed by atoms with Crippen molar-refractivity contribution in [1.29, 1.82) is 0 Å². The molecular weight excluding hydrogens is 432 g/mol. The Kier molecular flexibility index (Phi) is 11.5. The predicted octanol–water partition coefficient (Wildman–Crippen LogP) is 5.31. The lowest BCUT2D eigenvalue weighted by Gasteiger charge is -2.36. The molecule has 0 aliphatic carbocycles. The first-order valence-electron chi connectivity index (χ1n) is 11.8. The molecule has 0 bridgehead atoms. The minimum absolute atomic E-state index is 0.00928. The average Bonchev–Trinajstić information content (AvgIpc) is 2.91. The van der Waals surface area contributed by atoms with Crippen molar-refractivity contribution in [3.05, 3.63) is 54.1 Å². The van der Waals surface area contributed by atoms with E-state index in [0.29, 0.717) is 31.9 Å². The van der Waals surface area contributed by atoms with Crippen molar-refractivity contribution < 1.29 is 8.98 Å². The van der Waals surface area contributed by atoms with Gasteiger partial charge in [-0.05, 0) is 43.3 Å². The van der Waals surface area contributed by atoms with Crippen molar-refractivity contribution in [3.63, 3.8) is 0 Å². The van der Waals surface area contributed by atoms with Crippen LogP contribution in [0.25, 0.3) is 0 Å².